The van der Waals surface area contributed by atoms with Crippen molar-refractivity contribution >= 4 is 18.0 Å². The number of aliphatic carboxylic acids is 2. The van der Waals surface area contributed by atoms with Crippen LogP contribution in [0, 0.1) is 5.92 Å². The van der Waals surface area contributed by atoms with Gasteiger partial charge in [-0.25, -0.2) is 14.4 Å². The number of carbonyl (C=O) groups is 3. The van der Waals surface area contributed by atoms with Gasteiger partial charge in [0.25, 0.3) is 0 Å². The molecule has 0 radical (unpaired) electrons. The molecule has 2 amide bonds. The van der Waals surface area contributed by atoms with Crippen molar-refractivity contribution in [2.24, 2.45) is 5.92 Å². The molecule has 3 N–H and O–H groups in total. The summed E-state index contributed by atoms with van der Waals surface area (Å²) in [5, 5.41) is 22.1. The smallest absolute Gasteiger partial charge is 0.334 e. The average Bonchev–Trinajstić information content (AvgIpc) is 2.91. The summed E-state index contributed by atoms with van der Waals surface area (Å²) in [7, 11) is 0. The molecule has 0 aromatic heterocycles. The lowest BCUT2D eigenvalue weighted by Crippen LogP contribution is -2.52. The van der Waals surface area contributed by atoms with Gasteiger partial charge in [-0.3, -0.25) is 0 Å². The number of carboxylic acid groups (broad SMARTS) is 2. The molecule has 8 nitrogen and oxygen atoms in total. The molecule has 3 aromatic carbocycles. The maximum atomic E-state index is 13.2. The van der Waals surface area contributed by atoms with Crippen LogP contribution in [0.2, 0.25) is 0 Å². The molecule has 2 atom stereocenters. The van der Waals surface area contributed by atoms with Gasteiger partial charge in [0.05, 0.1) is 13.2 Å². The first-order valence-corrected chi connectivity index (χ1v) is 12.5. The number of carboxylic acids is 2. The van der Waals surface area contributed by atoms with E-state index in [1.807, 2.05) is 98.8 Å². The van der Waals surface area contributed by atoms with Crippen molar-refractivity contribution in [1.82, 2.24) is 10.2 Å². The van der Waals surface area contributed by atoms with Crippen LogP contribution in [-0.4, -0.2) is 58.3 Å². The first kappa shape index (κ1) is 28.4. The Labute approximate surface area is 222 Å². The maximum absolute atomic E-state index is 13.2. The van der Waals surface area contributed by atoms with Crippen LogP contribution in [0.25, 0.3) is 11.1 Å². The van der Waals surface area contributed by atoms with Crippen molar-refractivity contribution in [2.75, 3.05) is 13.1 Å². The molecular weight excluding hydrogens is 484 g/mol. The number of urea groups is 1. The Bertz CT molecular complexity index is 1180. The van der Waals surface area contributed by atoms with Gasteiger partial charge in [-0.05, 0) is 28.2 Å². The molecule has 0 aliphatic rings. The van der Waals surface area contributed by atoms with Gasteiger partial charge in [-0.15, -0.1) is 0 Å². The van der Waals surface area contributed by atoms with Crippen molar-refractivity contribution in [3.63, 3.8) is 0 Å². The van der Waals surface area contributed by atoms with E-state index in [2.05, 4.69) is 5.32 Å². The van der Waals surface area contributed by atoms with Crippen LogP contribution < -0.4 is 5.32 Å². The van der Waals surface area contributed by atoms with E-state index >= 15 is 0 Å². The van der Waals surface area contributed by atoms with Crippen LogP contribution in [0.5, 0.6) is 0 Å². The third-order valence-electron chi connectivity index (χ3n) is 5.93. The Morgan fingerprint density at radius 1 is 0.763 bits per heavy atom. The second-order valence-electron chi connectivity index (χ2n) is 9.53. The standard InChI is InChI=1S/C30H34N2O6/c1-21(2)18-32(19-27(29(35)36)38-20-23-9-5-3-6-10-23)30(37)31-26(28(33)34)17-22-13-15-25(16-14-22)24-11-7-4-8-12-24/h3-16,21,26-27H,17-20H2,1-2H3,(H,31,37)(H,33,34)(H,35,36). The minimum atomic E-state index is -1.27. The van der Waals surface area contributed by atoms with E-state index in [0.717, 1.165) is 22.3 Å². The van der Waals surface area contributed by atoms with Crippen LogP contribution in [0.15, 0.2) is 84.9 Å². The van der Waals surface area contributed by atoms with Crippen LogP contribution >= 0.6 is 0 Å². The van der Waals surface area contributed by atoms with Crippen LogP contribution in [0.4, 0.5) is 4.79 Å². The molecule has 200 valence electrons. The van der Waals surface area contributed by atoms with E-state index in [0.29, 0.717) is 0 Å². The molecule has 38 heavy (non-hydrogen) atoms. The molecule has 2 unspecified atom stereocenters. The van der Waals surface area contributed by atoms with E-state index < -0.39 is 30.1 Å². The molecule has 0 bridgehead atoms. The number of amides is 2. The fraction of sp³-hybridized carbons (Fsp3) is 0.300. The number of carbonyl (C=O) groups excluding carboxylic acids is 1. The van der Waals surface area contributed by atoms with E-state index in [9.17, 15) is 24.6 Å². The Balaban J connectivity index is 1.67. The summed E-state index contributed by atoms with van der Waals surface area (Å²) in [6.45, 7) is 3.88. The van der Waals surface area contributed by atoms with Gasteiger partial charge in [-0.1, -0.05) is 98.8 Å². The SMILES string of the molecule is CC(C)CN(CC(OCc1ccccc1)C(=O)O)C(=O)NC(Cc1ccc(-c2ccccc2)cc1)C(=O)O. The molecule has 8 heteroatoms. The summed E-state index contributed by atoms with van der Waals surface area (Å²) in [5.74, 6) is -2.35. The molecule has 3 rings (SSSR count). The monoisotopic (exact) mass is 518 g/mol. The van der Waals surface area contributed by atoms with E-state index in [4.69, 9.17) is 4.74 Å². The zero-order valence-corrected chi connectivity index (χ0v) is 21.6. The Morgan fingerprint density at radius 3 is 1.89 bits per heavy atom. The molecular formula is C30H34N2O6. The van der Waals surface area contributed by atoms with E-state index in [1.54, 1.807) is 0 Å². The normalized spacial score (nSPS) is 12.5. The Morgan fingerprint density at radius 2 is 1.34 bits per heavy atom. The van der Waals surface area contributed by atoms with Gasteiger partial charge < -0.3 is 25.2 Å². The number of hydrogen-bond donors (Lipinski definition) is 3. The van der Waals surface area contributed by atoms with E-state index in [-0.39, 0.29) is 32.0 Å². The fourth-order valence-electron chi connectivity index (χ4n) is 3.99. The minimum Gasteiger partial charge on any atom is -0.480 e. The molecule has 0 saturated heterocycles. The number of nitrogens with zero attached hydrogens (tertiary/aromatic N) is 1. The topological polar surface area (TPSA) is 116 Å². The van der Waals surface area contributed by atoms with Gasteiger partial charge in [0, 0.05) is 13.0 Å². The third kappa shape index (κ3) is 8.74. The zero-order chi connectivity index (χ0) is 27.5. The molecule has 0 aliphatic carbocycles. The highest BCUT2D eigenvalue weighted by atomic mass is 16.5. The number of hydrogen-bond acceptors (Lipinski definition) is 4. The second kappa shape index (κ2) is 13.9. The highest BCUT2D eigenvalue weighted by molar-refractivity contribution is 5.83. The van der Waals surface area contributed by atoms with Gasteiger partial charge in [-0.2, -0.15) is 0 Å². The number of benzene rings is 3. The number of nitrogens with one attached hydrogen (secondary N) is 1. The first-order chi connectivity index (χ1) is 18.2. The molecule has 0 saturated carbocycles. The lowest BCUT2D eigenvalue weighted by Gasteiger charge is -2.29. The van der Waals surface area contributed by atoms with Crippen molar-refractivity contribution in [2.45, 2.75) is 39.0 Å². The summed E-state index contributed by atoms with van der Waals surface area (Å²) in [4.78, 5) is 38.4. The van der Waals surface area contributed by atoms with Crippen molar-refractivity contribution in [3.05, 3.63) is 96.1 Å². The highest BCUT2D eigenvalue weighted by Gasteiger charge is 2.28. The molecule has 0 aliphatic heterocycles. The average molecular weight is 519 g/mol. The quantitative estimate of drug-likeness (QED) is 0.302. The first-order valence-electron chi connectivity index (χ1n) is 12.5. The summed E-state index contributed by atoms with van der Waals surface area (Å²) >= 11 is 0. The van der Waals surface area contributed by atoms with Crippen molar-refractivity contribution in [3.8, 4) is 11.1 Å². The van der Waals surface area contributed by atoms with Crippen molar-refractivity contribution in [1.29, 1.82) is 0 Å². The van der Waals surface area contributed by atoms with Crippen LogP contribution in [-0.2, 0) is 27.4 Å². The Hall–Kier alpha value is -4.17. The van der Waals surface area contributed by atoms with Crippen molar-refractivity contribution < 1.29 is 29.3 Å². The second-order valence-corrected chi connectivity index (χ2v) is 9.53. The summed E-state index contributed by atoms with van der Waals surface area (Å²) in [6.07, 6.45) is -1.19. The van der Waals surface area contributed by atoms with Crippen LogP contribution in [0.3, 0.4) is 0 Å². The van der Waals surface area contributed by atoms with Gasteiger partial charge in [0.2, 0.25) is 0 Å². The molecule has 3 aromatic rings. The maximum Gasteiger partial charge on any atom is 0.334 e. The number of ether oxygens (including phenoxy) is 1. The molecule has 0 heterocycles. The van der Waals surface area contributed by atoms with Crippen LogP contribution in [0.1, 0.15) is 25.0 Å². The Kier molecular flexibility index (Phi) is 10.4. The summed E-state index contributed by atoms with van der Waals surface area (Å²) < 4.78 is 5.61. The third-order valence-corrected chi connectivity index (χ3v) is 5.93. The summed E-state index contributed by atoms with van der Waals surface area (Å²) in [5.41, 5.74) is 3.61. The molecule has 0 spiro atoms. The van der Waals surface area contributed by atoms with E-state index in [1.165, 1.54) is 4.90 Å². The predicted octanol–water partition coefficient (Wildman–Crippen LogP) is 4.69. The van der Waals surface area contributed by atoms with Gasteiger partial charge in [0.1, 0.15) is 6.04 Å². The van der Waals surface area contributed by atoms with Gasteiger partial charge in [0.15, 0.2) is 6.10 Å². The minimum absolute atomic E-state index is 0.0260. The largest absolute Gasteiger partial charge is 0.480 e. The lowest BCUT2D eigenvalue weighted by atomic mass is 10.0. The molecule has 0 fully saturated rings. The number of rotatable bonds is 13. The predicted molar refractivity (Wildman–Crippen MR) is 145 cm³/mol. The lowest BCUT2D eigenvalue weighted by molar-refractivity contribution is -0.152. The summed E-state index contributed by atoms with van der Waals surface area (Å²) in [6, 6.07) is 24.6. The highest BCUT2D eigenvalue weighted by Crippen LogP contribution is 2.20. The zero-order valence-electron chi connectivity index (χ0n) is 21.6. The fourth-order valence-corrected chi connectivity index (χ4v) is 3.99. The van der Waals surface area contributed by atoms with Gasteiger partial charge >= 0.3 is 18.0 Å².